The Kier molecular flexibility index (Phi) is 3.16. The topological polar surface area (TPSA) is 17.1 Å². The summed E-state index contributed by atoms with van der Waals surface area (Å²) in [6, 6.07) is 6.86. The van der Waals surface area contributed by atoms with Gasteiger partial charge in [0.15, 0.2) is 5.92 Å². The van der Waals surface area contributed by atoms with Gasteiger partial charge < -0.3 is 0 Å². The first-order valence-corrected chi connectivity index (χ1v) is 4.11. The van der Waals surface area contributed by atoms with Gasteiger partial charge >= 0.3 is 6.18 Å². The summed E-state index contributed by atoms with van der Waals surface area (Å²) in [7, 11) is 0. The van der Waals surface area contributed by atoms with Gasteiger partial charge in [0.1, 0.15) is 0 Å². The number of carbonyl (C=O) groups is 1. The molecule has 1 aromatic rings. The molecule has 0 heterocycles. The van der Waals surface area contributed by atoms with Gasteiger partial charge in [-0.05, 0) is 17.2 Å². The van der Waals surface area contributed by atoms with Crippen molar-refractivity contribution < 1.29 is 18.0 Å². The smallest absolute Gasteiger partial charge is 0.280 e. The molecule has 0 aliphatic heterocycles. The van der Waals surface area contributed by atoms with Crippen molar-refractivity contribution >= 4 is 16.8 Å². The van der Waals surface area contributed by atoms with E-state index in [4.69, 9.17) is 11.6 Å². The molecule has 0 spiro atoms. The molecule has 0 aromatic heterocycles. The maximum atomic E-state index is 12.4. The van der Waals surface area contributed by atoms with Crippen molar-refractivity contribution in [2.75, 3.05) is 0 Å². The first-order valence-electron chi connectivity index (χ1n) is 3.74. The number of rotatable bonds is 2. The third kappa shape index (κ3) is 2.48. The van der Waals surface area contributed by atoms with E-state index < -0.39 is 17.3 Å². The molecule has 14 heavy (non-hydrogen) atoms. The minimum Gasteiger partial charge on any atom is -0.280 e. The Morgan fingerprint density at radius 2 is 1.71 bits per heavy atom. The largest absolute Gasteiger partial charge is 0.403 e. The van der Waals surface area contributed by atoms with Crippen LogP contribution in [-0.2, 0) is 4.79 Å². The van der Waals surface area contributed by atoms with Crippen molar-refractivity contribution in [2.24, 2.45) is 0 Å². The number of halogens is 4. The van der Waals surface area contributed by atoms with E-state index in [9.17, 15) is 18.0 Å². The third-order valence-electron chi connectivity index (χ3n) is 1.69. The van der Waals surface area contributed by atoms with E-state index in [1.54, 1.807) is 6.07 Å². The molecule has 0 aliphatic rings. The maximum Gasteiger partial charge on any atom is 0.403 e. The average Bonchev–Trinajstić information content (AvgIpc) is 2.02. The lowest BCUT2D eigenvalue weighted by molar-refractivity contribution is -0.158. The zero-order valence-electron chi connectivity index (χ0n) is 6.88. The number of alkyl halides is 3. The summed E-state index contributed by atoms with van der Waals surface area (Å²) < 4.78 is 37.1. The fourth-order valence-electron chi connectivity index (χ4n) is 1.09. The zero-order valence-corrected chi connectivity index (χ0v) is 7.64. The van der Waals surface area contributed by atoms with Gasteiger partial charge in [0, 0.05) is 0 Å². The van der Waals surface area contributed by atoms with Crippen LogP contribution in [-0.4, -0.2) is 11.4 Å². The van der Waals surface area contributed by atoms with Gasteiger partial charge in [-0.15, -0.1) is 0 Å². The highest BCUT2D eigenvalue weighted by Crippen LogP contribution is 2.36. The summed E-state index contributed by atoms with van der Waals surface area (Å²) in [6.45, 7) is 0. The molecule has 0 saturated carbocycles. The van der Waals surface area contributed by atoms with Gasteiger partial charge in [-0.2, -0.15) is 13.2 Å². The lowest BCUT2D eigenvalue weighted by atomic mass is 10.0. The molecule has 0 amide bonds. The van der Waals surface area contributed by atoms with Crippen molar-refractivity contribution in [3.63, 3.8) is 0 Å². The van der Waals surface area contributed by atoms with E-state index in [1.807, 2.05) is 0 Å². The molecule has 1 atom stereocenters. The molecule has 5 heteroatoms. The predicted octanol–water partition coefficient (Wildman–Crippen LogP) is 3.10. The highest BCUT2D eigenvalue weighted by molar-refractivity contribution is 6.64. The Bertz CT molecular complexity index is 321. The molecule has 0 aliphatic carbocycles. The summed E-state index contributed by atoms with van der Waals surface area (Å²) in [5, 5.41) is -1.41. The Morgan fingerprint density at radius 3 is 2.07 bits per heavy atom. The quantitative estimate of drug-likeness (QED) is 0.703. The maximum absolute atomic E-state index is 12.4. The highest BCUT2D eigenvalue weighted by atomic mass is 35.5. The first kappa shape index (κ1) is 11.0. The Morgan fingerprint density at radius 1 is 1.21 bits per heavy atom. The second kappa shape index (κ2) is 4.00. The predicted molar refractivity (Wildman–Crippen MR) is 46.1 cm³/mol. The second-order valence-electron chi connectivity index (χ2n) is 2.69. The van der Waals surface area contributed by atoms with Crippen molar-refractivity contribution in [1.29, 1.82) is 0 Å². The number of hydrogen-bond donors (Lipinski definition) is 0. The molecule has 1 rings (SSSR count). The number of benzene rings is 1. The van der Waals surface area contributed by atoms with Gasteiger partial charge in [0.2, 0.25) is 5.24 Å². The van der Waals surface area contributed by atoms with Crippen molar-refractivity contribution in [2.45, 2.75) is 12.1 Å². The van der Waals surface area contributed by atoms with Crippen molar-refractivity contribution in [3.8, 4) is 0 Å². The Hall–Kier alpha value is -1.03. The van der Waals surface area contributed by atoms with E-state index in [1.165, 1.54) is 24.3 Å². The lowest BCUT2D eigenvalue weighted by Crippen LogP contribution is -2.25. The molecular weight excluding hydrogens is 217 g/mol. The fourth-order valence-corrected chi connectivity index (χ4v) is 1.34. The van der Waals surface area contributed by atoms with E-state index in [2.05, 4.69) is 0 Å². The molecule has 1 aromatic carbocycles. The summed E-state index contributed by atoms with van der Waals surface area (Å²) in [4.78, 5) is 10.6. The SMILES string of the molecule is O=C(Cl)C(c1ccccc1)C(F)(F)F. The van der Waals surface area contributed by atoms with Crippen LogP contribution >= 0.6 is 11.6 Å². The van der Waals surface area contributed by atoms with Crippen LogP contribution < -0.4 is 0 Å². The highest BCUT2D eigenvalue weighted by Gasteiger charge is 2.45. The van der Waals surface area contributed by atoms with Crippen LogP contribution in [0.5, 0.6) is 0 Å². The summed E-state index contributed by atoms with van der Waals surface area (Å²) in [5.41, 5.74) is -0.139. The molecule has 0 N–H and O–H groups in total. The van der Waals surface area contributed by atoms with Crippen LogP contribution in [0, 0.1) is 0 Å². The second-order valence-corrected chi connectivity index (χ2v) is 3.06. The van der Waals surface area contributed by atoms with Crippen molar-refractivity contribution in [3.05, 3.63) is 35.9 Å². The van der Waals surface area contributed by atoms with E-state index in [0.717, 1.165) is 0 Å². The van der Waals surface area contributed by atoms with Gasteiger partial charge in [0.25, 0.3) is 0 Å². The molecule has 0 radical (unpaired) electrons. The summed E-state index contributed by atoms with van der Waals surface area (Å²) >= 11 is 4.90. The van der Waals surface area contributed by atoms with Gasteiger partial charge in [0.05, 0.1) is 0 Å². The third-order valence-corrected chi connectivity index (χ3v) is 1.91. The molecule has 0 saturated heterocycles. The van der Waals surface area contributed by atoms with Crippen molar-refractivity contribution in [1.82, 2.24) is 0 Å². The van der Waals surface area contributed by atoms with E-state index in [-0.39, 0.29) is 5.56 Å². The van der Waals surface area contributed by atoms with Gasteiger partial charge in [-0.25, -0.2) is 0 Å². The minimum atomic E-state index is -4.64. The van der Waals surface area contributed by atoms with E-state index in [0.29, 0.717) is 0 Å². The zero-order chi connectivity index (χ0) is 10.8. The Balaban J connectivity index is 3.08. The first-order chi connectivity index (χ1) is 6.43. The molecular formula is C9H6ClF3O. The summed E-state index contributed by atoms with van der Waals surface area (Å²) in [5.74, 6) is -2.23. The standard InChI is InChI=1S/C9H6ClF3O/c10-8(14)7(9(11,12)13)6-4-2-1-3-5-6/h1-5,7H. The Labute approximate surface area is 83.5 Å². The molecule has 0 bridgehead atoms. The van der Waals surface area contributed by atoms with Crippen LogP contribution in [0.2, 0.25) is 0 Å². The van der Waals surface area contributed by atoms with Gasteiger partial charge in [-0.1, -0.05) is 30.3 Å². The summed E-state index contributed by atoms with van der Waals surface area (Å²) in [6.07, 6.45) is -4.64. The van der Waals surface area contributed by atoms with Gasteiger partial charge in [-0.3, -0.25) is 4.79 Å². The number of carbonyl (C=O) groups excluding carboxylic acids is 1. The molecule has 1 unspecified atom stereocenters. The normalized spacial score (nSPS) is 13.7. The monoisotopic (exact) mass is 222 g/mol. The van der Waals surface area contributed by atoms with Crippen LogP contribution in [0.4, 0.5) is 13.2 Å². The average molecular weight is 223 g/mol. The minimum absolute atomic E-state index is 0.139. The van der Waals surface area contributed by atoms with Crippen LogP contribution in [0.3, 0.4) is 0 Å². The van der Waals surface area contributed by atoms with Crippen LogP contribution in [0.1, 0.15) is 11.5 Å². The number of hydrogen-bond acceptors (Lipinski definition) is 1. The lowest BCUT2D eigenvalue weighted by Gasteiger charge is -2.16. The molecule has 1 nitrogen and oxygen atoms in total. The fraction of sp³-hybridized carbons (Fsp3) is 0.222. The van der Waals surface area contributed by atoms with Crippen LogP contribution in [0.25, 0.3) is 0 Å². The van der Waals surface area contributed by atoms with Crippen LogP contribution in [0.15, 0.2) is 30.3 Å². The van der Waals surface area contributed by atoms with E-state index >= 15 is 0 Å². The molecule has 0 fully saturated rings. The molecule has 76 valence electrons.